The van der Waals surface area contributed by atoms with Crippen molar-refractivity contribution in [3.63, 3.8) is 0 Å². The number of ether oxygens (including phenoxy) is 1. The number of aliphatic hydroxyl groups excluding tert-OH is 1. The fourth-order valence-corrected chi connectivity index (χ4v) is 3.02. The van der Waals surface area contributed by atoms with Crippen LogP contribution in [0.4, 0.5) is 4.39 Å². The Morgan fingerprint density at radius 1 is 1.25 bits per heavy atom. The quantitative estimate of drug-likeness (QED) is 0.673. The molecule has 3 nitrogen and oxygen atoms in total. The zero-order valence-corrected chi connectivity index (χ0v) is 14.7. The minimum Gasteiger partial charge on any atom is -0.493 e. The van der Waals surface area contributed by atoms with Crippen LogP contribution in [0, 0.1) is 5.82 Å². The Kier molecular flexibility index (Phi) is 6.97. The van der Waals surface area contributed by atoms with Crippen LogP contribution in [-0.4, -0.2) is 23.9 Å². The molecule has 1 heterocycles. The van der Waals surface area contributed by atoms with Crippen molar-refractivity contribution in [3.05, 3.63) is 58.0 Å². The third-order valence-corrected chi connectivity index (χ3v) is 4.75. The highest BCUT2D eigenvalue weighted by molar-refractivity contribution is 7.12. The molecule has 24 heavy (non-hydrogen) atoms. The lowest BCUT2D eigenvalue weighted by Crippen LogP contribution is -2.40. The molecule has 1 unspecified atom stereocenters. The van der Waals surface area contributed by atoms with Crippen LogP contribution in [0.15, 0.2) is 42.5 Å². The summed E-state index contributed by atoms with van der Waals surface area (Å²) >= 11 is 1.73. The molecule has 0 amide bonds. The number of thiophene rings is 1. The molecule has 1 aromatic carbocycles. The first kappa shape index (κ1) is 18.6. The SMILES string of the molecule is CC(N)(CO)CCc1ccc(/C=C/CCOc2ccc(F)cc2)s1. The first-order chi connectivity index (χ1) is 11.5. The van der Waals surface area contributed by atoms with Crippen molar-refractivity contribution in [1.82, 2.24) is 0 Å². The van der Waals surface area contributed by atoms with Crippen LogP contribution in [0.3, 0.4) is 0 Å². The molecule has 5 heteroatoms. The average Bonchev–Trinajstić information content (AvgIpc) is 3.02. The summed E-state index contributed by atoms with van der Waals surface area (Å²) in [6, 6.07) is 10.2. The molecule has 2 aromatic rings. The van der Waals surface area contributed by atoms with Crippen molar-refractivity contribution in [1.29, 1.82) is 0 Å². The third-order valence-electron chi connectivity index (χ3n) is 3.64. The van der Waals surface area contributed by atoms with Crippen molar-refractivity contribution in [2.24, 2.45) is 5.73 Å². The number of benzene rings is 1. The number of halogens is 1. The molecule has 0 aliphatic heterocycles. The summed E-state index contributed by atoms with van der Waals surface area (Å²) < 4.78 is 18.3. The Bertz CT molecular complexity index is 650. The molecule has 1 atom stereocenters. The van der Waals surface area contributed by atoms with E-state index >= 15 is 0 Å². The van der Waals surface area contributed by atoms with Gasteiger partial charge in [0, 0.05) is 15.3 Å². The van der Waals surface area contributed by atoms with Gasteiger partial charge in [0.15, 0.2) is 0 Å². The van der Waals surface area contributed by atoms with Crippen LogP contribution in [-0.2, 0) is 6.42 Å². The lowest BCUT2D eigenvalue weighted by molar-refractivity contribution is 0.201. The van der Waals surface area contributed by atoms with Gasteiger partial charge in [-0.15, -0.1) is 11.3 Å². The Morgan fingerprint density at radius 3 is 2.71 bits per heavy atom. The molecule has 0 spiro atoms. The predicted octanol–water partition coefficient (Wildman–Crippen LogP) is 4.01. The van der Waals surface area contributed by atoms with E-state index in [2.05, 4.69) is 24.3 Å². The summed E-state index contributed by atoms with van der Waals surface area (Å²) in [6.07, 6.45) is 6.57. The minimum absolute atomic E-state index is 0.000803. The fourth-order valence-electron chi connectivity index (χ4n) is 2.08. The Balaban J connectivity index is 1.71. The molecule has 0 saturated carbocycles. The Morgan fingerprint density at radius 2 is 2.00 bits per heavy atom. The molecule has 1 aromatic heterocycles. The van der Waals surface area contributed by atoms with Crippen LogP contribution in [0.1, 0.15) is 29.5 Å². The molecule has 0 fully saturated rings. The number of aliphatic hydroxyl groups is 1. The molecule has 0 bridgehead atoms. The summed E-state index contributed by atoms with van der Waals surface area (Å²) in [6.45, 7) is 2.42. The van der Waals surface area contributed by atoms with Gasteiger partial charge in [-0.1, -0.05) is 6.08 Å². The topological polar surface area (TPSA) is 55.5 Å². The van der Waals surface area contributed by atoms with Gasteiger partial charge in [-0.2, -0.15) is 0 Å². The van der Waals surface area contributed by atoms with E-state index in [4.69, 9.17) is 10.5 Å². The van der Waals surface area contributed by atoms with Gasteiger partial charge in [-0.25, -0.2) is 4.39 Å². The number of hydrogen-bond acceptors (Lipinski definition) is 4. The number of rotatable bonds is 9. The van der Waals surface area contributed by atoms with Gasteiger partial charge in [0.2, 0.25) is 0 Å². The number of aryl methyl sites for hydroxylation is 1. The fraction of sp³-hybridized carbons (Fsp3) is 0.368. The van der Waals surface area contributed by atoms with Crippen molar-refractivity contribution < 1.29 is 14.2 Å². The molecule has 0 aliphatic rings. The molecular formula is C19H24FNO2S. The van der Waals surface area contributed by atoms with Crippen LogP contribution in [0.5, 0.6) is 5.75 Å². The maximum atomic E-state index is 12.8. The Hall–Kier alpha value is -1.69. The average molecular weight is 349 g/mol. The van der Waals surface area contributed by atoms with Gasteiger partial charge >= 0.3 is 0 Å². The van der Waals surface area contributed by atoms with Crippen molar-refractivity contribution in [2.45, 2.75) is 31.7 Å². The van der Waals surface area contributed by atoms with E-state index in [1.54, 1.807) is 23.5 Å². The summed E-state index contributed by atoms with van der Waals surface area (Å²) in [5.41, 5.74) is 5.43. The summed E-state index contributed by atoms with van der Waals surface area (Å²) in [7, 11) is 0. The van der Waals surface area contributed by atoms with Gasteiger partial charge < -0.3 is 15.6 Å². The van der Waals surface area contributed by atoms with E-state index in [0.717, 1.165) is 19.3 Å². The Labute approximate surface area is 146 Å². The molecule has 2 rings (SSSR count). The van der Waals surface area contributed by atoms with E-state index in [9.17, 15) is 9.50 Å². The minimum atomic E-state index is -0.516. The van der Waals surface area contributed by atoms with Crippen molar-refractivity contribution >= 4 is 17.4 Å². The smallest absolute Gasteiger partial charge is 0.123 e. The second-order valence-electron chi connectivity index (χ2n) is 6.11. The molecular weight excluding hydrogens is 325 g/mol. The van der Waals surface area contributed by atoms with Gasteiger partial charge in [-0.3, -0.25) is 0 Å². The number of hydrogen-bond donors (Lipinski definition) is 2. The zero-order chi connectivity index (χ0) is 17.4. The second kappa shape index (κ2) is 8.97. The van der Waals surface area contributed by atoms with Crippen LogP contribution >= 0.6 is 11.3 Å². The molecule has 0 saturated heterocycles. The lowest BCUT2D eigenvalue weighted by Gasteiger charge is -2.20. The molecule has 0 aliphatic carbocycles. The van der Waals surface area contributed by atoms with Crippen LogP contribution < -0.4 is 10.5 Å². The van der Waals surface area contributed by atoms with Crippen molar-refractivity contribution in [2.75, 3.05) is 13.2 Å². The highest BCUT2D eigenvalue weighted by atomic mass is 32.1. The number of nitrogens with two attached hydrogens (primary N) is 1. The van der Waals surface area contributed by atoms with Crippen LogP contribution in [0.25, 0.3) is 6.08 Å². The van der Waals surface area contributed by atoms with E-state index in [-0.39, 0.29) is 12.4 Å². The summed E-state index contributed by atoms with van der Waals surface area (Å²) in [5, 5.41) is 9.18. The van der Waals surface area contributed by atoms with E-state index in [0.29, 0.717) is 12.4 Å². The normalized spacial score (nSPS) is 14.0. The first-order valence-corrected chi connectivity index (χ1v) is 8.83. The van der Waals surface area contributed by atoms with E-state index < -0.39 is 5.54 Å². The second-order valence-corrected chi connectivity index (χ2v) is 7.31. The zero-order valence-electron chi connectivity index (χ0n) is 13.9. The lowest BCUT2D eigenvalue weighted by atomic mass is 9.98. The predicted molar refractivity (Wildman–Crippen MR) is 97.9 cm³/mol. The third kappa shape index (κ3) is 6.43. The monoisotopic (exact) mass is 349 g/mol. The molecule has 130 valence electrons. The van der Waals surface area contributed by atoms with Gasteiger partial charge in [0.25, 0.3) is 0 Å². The first-order valence-electron chi connectivity index (χ1n) is 8.02. The maximum Gasteiger partial charge on any atom is 0.123 e. The van der Waals surface area contributed by atoms with Gasteiger partial charge in [-0.05, 0) is 68.7 Å². The van der Waals surface area contributed by atoms with E-state index in [1.807, 2.05) is 6.92 Å². The maximum absolute atomic E-state index is 12.8. The van der Waals surface area contributed by atoms with Crippen LogP contribution in [0.2, 0.25) is 0 Å². The highest BCUT2D eigenvalue weighted by Gasteiger charge is 2.16. The molecule has 3 N–H and O–H groups in total. The summed E-state index contributed by atoms with van der Waals surface area (Å²) in [5.74, 6) is 0.418. The largest absolute Gasteiger partial charge is 0.493 e. The van der Waals surface area contributed by atoms with Gasteiger partial charge in [0.1, 0.15) is 11.6 Å². The van der Waals surface area contributed by atoms with Gasteiger partial charge in [0.05, 0.1) is 13.2 Å². The molecule has 0 radical (unpaired) electrons. The van der Waals surface area contributed by atoms with E-state index in [1.165, 1.54) is 21.9 Å². The summed E-state index contributed by atoms with van der Waals surface area (Å²) in [4.78, 5) is 2.46. The standard InChI is InChI=1S/C19H24FNO2S/c1-19(21,14-22)12-11-18-10-9-17(24-18)4-2-3-13-23-16-7-5-15(20)6-8-16/h2,4-10,22H,3,11-14,21H2,1H3/b4-2+. The van der Waals surface area contributed by atoms with Crippen molar-refractivity contribution in [3.8, 4) is 5.75 Å². The highest BCUT2D eigenvalue weighted by Crippen LogP contribution is 2.21.